The number of halogens is 3. The zero-order valence-electron chi connectivity index (χ0n) is 16.7. The summed E-state index contributed by atoms with van der Waals surface area (Å²) in [4.78, 5) is 0. The van der Waals surface area contributed by atoms with Crippen LogP contribution in [0.4, 0.5) is 10.1 Å². The molecule has 0 heterocycles. The van der Waals surface area contributed by atoms with E-state index in [1.807, 2.05) is 43.3 Å². The average molecular weight is 495 g/mol. The molecule has 0 saturated heterocycles. The molecule has 30 heavy (non-hydrogen) atoms. The third kappa shape index (κ3) is 5.80. The number of hydrogen-bond acceptors (Lipinski definition) is 4. The molecule has 3 rings (SSSR count). The van der Waals surface area contributed by atoms with E-state index in [0.29, 0.717) is 35.2 Å². The molecule has 0 aliphatic rings. The second-order valence-electron chi connectivity index (χ2n) is 6.43. The monoisotopic (exact) mass is 493 g/mol. The molecule has 0 atom stereocenters. The van der Waals surface area contributed by atoms with E-state index < -0.39 is 0 Å². The van der Waals surface area contributed by atoms with Crippen LogP contribution in [-0.2, 0) is 13.2 Å². The Bertz CT molecular complexity index is 998. The molecule has 0 aliphatic carbocycles. The van der Waals surface area contributed by atoms with Crippen LogP contribution in [0.3, 0.4) is 0 Å². The Morgan fingerprint density at radius 3 is 2.37 bits per heavy atom. The lowest BCUT2D eigenvalue weighted by molar-refractivity contribution is 0.269. The number of rotatable bonds is 9. The van der Waals surface area contributed by atoms with Crippen LogP contribution in [0.1, 0.15) is 18.1 Å². The molecule has 3 aromatic rings. The van der Waals surface area contributed by atoms with Crippen LogP contribution < -0.4 is 19.5 Å². The number of methoxy groups -OCH3 is 1. The summed E-state index contributed by atoms with van der Waals surface area (Å²) in [5.74, 6) is 1.64. The van der Waals surface area contributed by atoms with Crippen molar-refractivity contribution in [2.75, 3.05) is 19.0 Å². The van der Waals surface area contributed by atoms with E-state index in [4.69, 9.17) is 25.8 Å². The van der Waals surface area contributed by atoms with Gasteiger partial charge < -0.3 is 19.5 Å². The molecule has 1 N–H and O–H groups in total. The van der Waals surface area contributed by atoms with Crippen molar-refractivity contribution < 1.29 is 18.6 Å². The molecule has 0 aliphatic heterocycles. The minimum absolute atomic E-state index is 0.203. The maximum atomic E-state index is 13.2. The molecule has 0 saturated carbocycles. The topological polar surface area (TPSA) is 39.7 Å². The van der Waals surface area contributed by atoms with Crippen LogP contribution in [0.15, 0.2) is 59.1 Å². The van der Waals surface area contributed by atoms with Gasteiger partial charge >= 0.3 is 0 Å². The summed E-state index contributed by atoms with van der Waals surface area (Å²) >= 11 is 9.70. The summed E-state index contributed by atoms with van der Waals surface area (Å²) in [6.45, 7) is 3.21. The molecule has 0 spiro atoms. The smallest absolute Gasteiger partial charge is 0.162 e. The Morgan fingerprint density at radius 1 is 0.967 bits per heavy atom. The van der Waals surface area contributed by atoms with Gasteiger partial charge in [-0.3, -0.25) is 0 Å². The summed E-state index contributed by atoms with van der Waals surface area (Å²) in [5, 5.41) is 3.70. The summed E-state index contributed by atoms with van der Waals surface area (Å²) in [6, 6.07) is 15.8. The van der Waals surface area contributed by atoms with Crippen molar-refractivity contribution in [1.82, 2.24) is 0 Å². The molecule has 0 fully saturated rings. The highest BCUT2D eigenvalue weighted by molar-refractivity contribution is 9.10. The Kier molecular flexibility index (Phi) is 7.82. The second kappa shape index (κ2) is 10.5. The van der Waals surface area contributed by atoms with Crippen LogP contribution in [-0.4, -0.2) is 13.7 Å². The van der Waals surface area contributed by atoms with E-state index >= 15 is 0 Å². The van der Waals surface area contributed by atoms with Crippen molar-refractivity contribution in [3.05, 3.63) is 81.0 Å². The van der Waals surface area contributed by atoms with Crippen molar-refractivity contribution in [2.24, 2.45) is 0 Å². The molecule has 158 valence electrons. The Labute approximate surface area is 189 Å². The van der Waals surface area contributed by atoms with Gasteiger partial charge in [0.05, 0.1) is 18.7 Å². The Hall–Kier alpha value is -2.44. The van der Waals surface area contributed by atoms with E-state index in [1.54, 1.807) is 13.2 Å². The maximum Gasteiger partial charge on any atom is 0.162 e. The number of nitrogens with one attached hydrogen (secondary N) is 1. The first-order valence-electron chi connectivity index (χ1n) is 9.40. The lowest BCUT2D eigenvalue weighted by Crippen LogP contribution is -2.04. The number of ether oxygens (including phenoxy) is 3. The van der Waals surface area contributed by atoms with E-state index in [9.17, 15) is 4.39 Å². The summed E-state index contributed by atoms with van der Waals surface area (Å²) in [7, 11) is 1.64. The lowest BCUT2D eigenvalue weighted by atomic mass is 10.2. The van der Waals surface area contributed by atoms with Gasteiger partial charge in [-0.05, 0) is 61.0 Å². The summed E-state index contributed by atoms with van der Waals surface area (Å²) in [5.41, 5.74) is 2.69. The molecule has 7 heteroatoms. The molecule has 3 aromatic carbocycles. The highest BCUT2D eigenvalue weighted by Gasteiger charge is 2.12. The van der Waals surface area contributed by atoms with Gasteiger partial charge in [-0.2, -0.15) is 0 Å². The quantitative estimate of drug-likeness (QED) is 0.353. The standard InChI is InChI=1S/C23H22BrClFNO3/c1-3-29-22-10-16(13-27-18-6-8-19(28-2)9-7-18)20(24)12-23(22)30-14-15-4-5-17(26)11-21(15)25/h4-12,27H,3,13-14H2,1-2H3. The van der Waals surface area contributed by atoms with Gasteiger partial charge in [0.2, 0.25) is 0 Å². The first kappa shape index (κ1) is 22.2. The van der Waals surface area contributed by atoms with Crippen LogP contribution >= 0.6 is 27.5 Å². The number of hydrogen-bond donors (Lipinski definition) is 1. The number of anilines is 1. The molecule has 0 aromatic heterocycles. The predicted molar refractivity (Wildman–Crippen MR) is 121 cm³/mol. The van der Waals surface area contributed by atoms with E-state index in [1.165, 1.54) is 12.1 Å². The third-order valence-corrected chi connectivity index (χ3v) is 5.47. The van der Waals surface area contributed by atoms with Crippen LogP contribution in [0.2, 0.25) is 5.02 Å². The molecule has 0 unspecified atom stereocenters. The van der Waals surface area contributed by atoms with E-state index in [2.05, 4.69) is 21.2 Å². The second-order valence-corrected chi connectivity index (χ2v) is 7.69. The molecule has 0 amide bonds. The maximum absolute atomic E-state index is 13.2. The highest BCUT2D eigenvalue weighted by Crippen LogP contribution is 2.35. The van der Waals surface area contributed by atoms with Gasteiger partial charge in [0.25, 0.3) is 0 Å². The zero-order chi connectivity index (χ0) is 21.5. The number of benzene rings is 3. The van der Waals surface area contributed by atoms with Crippen LogP contribution in [0.5, 0.6) is 17.2 Å². The van der Waals surface area contributed by atoms with Crippen molar-refractivity contribution >= 4 is 33.2 Å². The molecular weight excluding hydrogens is 473 g/mol. The SMILES string of the molecule is CCOc1cc(CNc2ccc(OC)cc2)c(Br)cc1OCc1ccc(F)cc1Cl. The third-order valence-electron chi connectivity index (χ3n) is 4.38. The first-order valence-corrected chi connectivity index (χ1v) is 10.6. The van der Waals surface area contributed by atoms with Crippen molar-refractivity contribution in [3.8, 4) is 17.2 Å². The normalized spacial score (nSPS) is 10.6. The van der Waals surface area contributed by atoms with Gasteiger partial charge in [0.15, 0.2) is 11.5 Å². The van der Waals surface area contributed by atoms with Crippen LogP contribution in [0, 0.1) is 5.82 Å². The van der Waals surface area contributed by atoms with Gasteiger partial charge in [0, 0.05) is 22.3 Å². The molecule has 0 bridgehead atoms. The fourth-order valence-electron chi connectivity index (χ4n) is 2.79. The summed E-state index contributed by atoms with van der Waals surface area (Å²) in [6.07, 6.45) is 0. The Morgan fingerprint density at radius 2 is 1.70 bits per heavy atom. The minimum atomic E-state index is -0.379. The first-order chi connectivity index (χ1) is 14.5. The molecule has 4 nitrogen and oxygen atoms in total. The van der Waals surface area contributed by atoms with E-state index in [-0.39, 0.29) is 12.4 Å². The van der Waals surface area contributed by atoms with Crippen molar-refractivity contribution in [3.63, 3.8) is 0 Å². The van der Waals surface area contributed by atoms with Gasteiger partial charge in [-0.15, -0.1) is 0 Å². The van der Waals surface area contributed by atoms with Crippen LogP contribution in [0.25, 0.3) is 0 Å². The predicted octanol–water partition coefficient (Wildman–Crippen LogP) is 6.84. The Balaban J connectivity index is 1.73. The van der Waals surface area contributed by atoms with E-state index in [0.717, 1.165) is 21.5 Å². The average Bonchev–Trinajstić information content (AvgIpc) is 2.74. The van der Waals surface area contributed by atoms with Gasteiger partial charge in [-0.25, -0.2) is 4.39 Å². The highest BCUT2D eigenvalue weighted by atomic mass is 79.9. The van der Waals surface area contributed by atoms with Crippen molar-refractivity contribution in [1.29, 1.82) is 0 Å². The fraction of sp³-hybridized carbons (Fsp3) is 0.217. The minimum Gasteiger partial charge on any atom is -0.497 e. The summed E-state index contributed by atoms with van der Waals surface area (Å²) < 4.78 is 31.0. The molecule has 0 radical (unpaired) electrons. The fourth-order valence-corrected chi connectivity index (χ4v) is 3.48. The largest absolute Gasteiger partial charge is 0.497 e. The van der Waals surface area contributed by atoms with Gasteiger partial charge in [0.1, 0.15) is 18.2 Å². The van der Waals surface area contributed by atoms with Gasteiger partial charge in [-0.1, -0.05) is 33.6 Å². The zero-order valence-corrected chi connectivity index (χ0v) is 19.0. The molecular formula is C23H22BrClFNO3. The van der Waals surface area contributed by atoms with Crippen molar-refractivity contribution in [2.45, 2.75) is 20.1 Å². The lowest BCUT2D eigenvalue weighted by Gasteiger charge is -2.16.